The van der Waals surface area contributed by atoms with Gasteiger partial charge in [-0.3, -0.25) is 0 Å². The predicted octanol–water partition coefficient (Wildman–Crippen LogP) is 4.15. The van der Waals surface area contributed by atoms with Crippen molar-refractivity contribution in [3.8, 4) is 0 Å². The van der Waals surface area contributed by atoms with E-state index < -0.39 is 0 Å². The predicted molar refractivity (Wildman–Crippen MR) is 98.1 cm³/mol. The Morgan fingerprint density at radius 3 is 0.750 bits per heavy atom. The van der Waals surface area contributed by atoms with E-state index in [0.29, 0.717) is 0 Å². The molecule has 0 bridgehead atoms. The normalized spacial score (nSPS) is 10.0. The minimum Gasteiger partial charge on any atom is -0.322 e. The third-order valence-corrected chi connectivity index (χ3v) is 1.85. The number of hydrogen-bond donors (Lipinski definition) is 2. The summed E-state index contributed by atoms with van der Waals surface area (Å²) in [4.78, 5) is 19.6. The van der Waals surface area contributed by atoms with Crippen molar-refractivity contribution in [3.05, 3.63) is 0 Å². The van der Waals surface area contributed by atoms with Crippen molar-refractivity contribution in [3.63, 3.8) is 0 Å². The van der Waals surface area contributed by atoms with E-state index in [1.165, 1.54) is 0 Å². The molecule has 0 aromatic carbocycles. The zero-order chi connectivity index (χ0) is 11.7. The van der Waals surface area contributed by atoms with E-state index in [1.807, 2.05) is 27.7 Å². The van der Waals surface area contributed by atoms with E-state index >= 15 is 0 Å². The van der Waals surface area contributed by atoms with Crippen LogP contribution in [0.25, 0.3) is 0 Å². The second-order valence-corrected chi connectivity index (χ2v) is 3.91. The van der Waals surface area contributed by atoms with Crippen LogP contribution in [0.2, 0.25) is 0 Å². The van der Waals surface area contributed by atoms with Crippen LogP contribution in [0.1, 0.15) is 72.3 Å². The van der Waals surface area contributed by atoms with Gasteiger partial charge in [0.25, 0.3) is 0 Å². The molecule has 0 aliphatic carbocycles. The lowest BCUT2D eigenvalue weighted by Gasteiger charge is -2.04. The maximum atomic E-state index is 9.82. The molecular formula is C16H46N2O2. The van der Waals surface area contributed by atoms with Crippen LogP contribution in [0, 0.1) is 11.8 Å². The highest BCUT2D eigenvalue weighted by molar-refractivity contribution is 5.57. The molecule has 0 unspecified atom stereocenters. The molecular weight excluding hydrogens is 252 g/mol. The van der Waals surface area contributed by atoms with Gasteiger partial charge in [-0.15, -0.1) is 0 Å². The fourth-order valence-electron chi connectivity index (χ4n) is 0.314. The fourth-order valence-corrected chi connectivity index (χ4v) is 0.314. The van der Waals surface area contributed by atoms with Crippen molar-refractivity contribution in [2.45, 2.75) is 84.3 Å². The SMILES string of the molecule is C.C.C.C.C.C.CC(C)[C@@H](N)C=O.CC(C)[C@@H](N)C=O. The summed E-state index contributed by atoms with van der Waals surface area (Å²) in [6.45, 7) is 7.66. The van der Waals surface area contributed by atoms with Gasteiger partial charge >= 0.3 is 0 Å². The van der Waals surface area contributed by atoms with E-state index in [9.17, 15) is 9.59 Å². The first-order valence-electron chi connectivity index (χ1n) is 4.78. The average Bonchev–Trinajstić information content (AvgIpc) is 2.15. The van der Waals surface area contributed by atoms with Crippen LogP contribution in [0.5, 0.6) is 0 Å². The summed E-state index contributed by atoms with van der Waals surface area (Å²) in [5.74, 6) is 0.551. The molecule has 0 rings (SSSR count). The molecule has 0 saturated heterocycles. The summed E-state index contributed by atoms with van der Waals surface area (Å²) in [5.41, 5.74) is 10.5. The molecule has 0 heterocycles. The van der Waals surface area contributed by atoms with Crippen LogP contribution in [0.15, 0.2) is 0 Å². The van der Waals surface area contributed by atoms with E-state index in [1.54, 1.807) is 0 Å². The summed E-state index contributed by atoms with van der Waals surface area (Å²) in [5, 5.41) is 0. The molecule has 0 spiro atoms. The molecule has 4 heteroatoms. The van der Waals surface area contributed by atoms with Gasteiger partial charge in [0.15, 0.2) is 0 Å². The Hall–Kier alpha value is -0.740. The first kappa shape index (κ1) is 50.7. The minimum atomic E-state index is -0.278. The van der Waals surface area contributed by atoms with Crippen LogP contribution in [-0.4, -0.2) is 24.7 Å². The van der Waals surface area contributed by atoms with Crippen molar-refractivity contribution in [1.29, 1.82) is 0 Å². The maximum absolute atomic E-state index is 9.82. The number of aldehydes is 2. The standard InChI is InChI=1S/2C5H11NO.6CH4/c2*1-4(2)5(6)3-7;;;;;;/h2*3-5H,6H2,1-2H3;6*1H4/t2*5-;;;;;;/m00....../s1. The molecule has 0 aromatic rings. The highest BCUT2D eigenvalue weighted by Gasteiger charge is 2.03. The van der Waals surface area contributed by atoms with Crippen molar-refractivity contribution >= 4 is 12.6 Å². The molecule has 0 saturated carbocycles. The maximum Gasteiger partial charge on any atom is 0.136 e. The Morgan fingerprint density at radius 1 is 0.600 bits per heavy atom. The first-order chi connectivity index (χ1) is 6.36. The Balaban J connectivity index is -0.0000000185. The Labute approximate surface area is 130 Å². The molecule has 0 aliphatic rings. The first-order valence-corrected chi connectivity index (χ1v) is 4.78. The zero-order valence-electron chi connectivity index (χ0n) is 9.44. The molecule has 132 valence electrons. The third-order valence-electron chi connectivity index (χ3n) is 1.85. The fraction of sp³-hybridized carbons (Fsp3) is 0.875. The second-order valence-electron chi connectivity index (χ2n) is 3.91. The Morgan fingerprint density at radius 2 is 0.750 bits per heavy atom. The highest BCUT2D eigenvalue weighted by atomic mass is 16.1. The number of nitrogens with two attached hydrogens (primary N) is 2. The van der Waals surface area contributed by atoms with Crippen molar-refractivity contribution in [2.24, 2.45) is 23.3 Å². The topological polar surface area (TPSA) is 86.2 Å². The summed E-state index contributed by atoms with van der Waals surface area (Å²) >= 11 is 0. The van der Waals surface area contributed by atoms with Gasteiger partial charge in [-0.25, -0.2) is 0 Å². The second kappa shape index (κ2) is 30.9. The summed E-state index contributed by atoms with van der Waals surface area (Å²) < 4.78 is 0. The van der Waals surface area contributed by atoms with E-state index in [4.69, 9.17) is 11.5 Å². The monoisotopic (exact) mass is 298 g/mol. The van der Waals surface area contributed by atoms with Gasteiger partial charge in [-0.2, -0.15) is 0 Å². The molecule has 0 amide bonds. The van der Waals surface area contributed by atoms with Crippen LogP contribution < -0.4 is 11.5 Å². The van der Waals surface area contributed by atoms with E-state index in [-0.39, 0.29) is 68.5 Å². The number of carbonyl (C=O) groups is 2. The average molecular weight is 299 g/mol. The van der Waals surface area contributed by atoms with Gasteiger partial charge in [0.1, 0.15) is 12.6 Å². The summed E-state index contributed by atoms with van der Waals surface area (Å²) in [6.07, 6.45) is 1.54. The molecule has 0 aromatic heterocycles. The molecule has 4 N–H and O–H groups in total. The summed E-state index contributed by atoms with van der Waals surface area (Å²) in [6, 6.07) is -0.556. The third kappa shape index (κ3) is 36.0. The van der Waals surface area contributed by atoms with Crippen LogP contribution in [-0.2, 0) is 9.59 Å². The lowest BCUT2D eigenvalue weighted by molar-refractivity contribution is -0.110. The van der Waals surface area contributed by atoms with Gasteiger partial charge in [0.2, 0.25) is 0 Å². The minimum absolute atomic E-state index is 0. The summed E-state index contributed by atoms with van der Waals surface area (Å²) in [7, 11) is 0. The quantitative estimate of drug-likeness (QED) is 0.763. The smallest absolute Gasteiger partial charge is 0.136 e. The molecule has 2 atom stereocenters. The molecule has 0 radical (unpaired) electrons. The van der Waals surface area contributed by atoms with Crippen molar-refractivity contribution < 1.29 is 9.59 Å². The van der Waals surface area contributed by atoms with Crippen molar-refractivity contribution in [2.75, 3.05) is 0 Å². The Bertz CT molecular complexity index is 143. The van der Waals surface area contributed by atoms with Crippen LogP contribution in [0.3, 0.4) is 0 Å². The molecule has 0 fully saturated rings. The zero-order valence-corrected chi connectivity index (χ0v) is 9.44. The lowest BCUT2D eigenvalue weighted by atomic mass is 10.1. The van der Waals surface area contributed by atoms with E-state index in [0.717, 1.165) is 12.6 Å². The number of hydrogen-bond acceptors (Lipinski definition) is 4. The van der Waals surface area contributed by atoms with Gasteiger partial charge in [-0.1, -0.05) is 72.3 Å². The van der Waals surface area contributed by atoms with Gasteiger partial charge in [0, 0.05) is 0 Å². The highest BCUT2D eigenvalue weighted by Crippen LogP contribution is 1.92. The van der Waals surface area contributed by atoms with Gasteiger partial charge < -0.3 is 21.1 Å². The molecule has 0 aliphatic heterocycles. The van der Waals surface area contributed by atoms with E-state index in [2.05, 4.69) is 0 Å². The largest absolute Gasteiger partial charge is 0.322 e. The van der Waals surface area contributed by atoms with Crippen LogP contribution in [0.4, 0.5) is 0 Å². The molecule has 20 heavy (non-hydrogen) atoms. The number of carbonyl (C=O) groups excluding carboxylic acids is 2. The number of rotatable bonds is 4. The lowest BCUT2D eigenvalue weighted by Crippen LogP contribution is -2.27. The van der Waals surface area contributed by atoms with Gasteiger partial charge in [-0.05, 0) is 11.8 Å². The van der Waals surface area contributed by atoms with Crippen molar-refractivity contribution in [1.82, 2.24) is 0 Å². The van der Waals surface area contributed by atoms with Crippen LogP contribution >= 0.6 is 0 Å². The molecule has 4 nitrogen and oxygen atoms in total. The Kier molecular flexibility index (Phi) is 78.4. The van der Waals surface area contributed by atoms with Gasteiger partial charge in [0.05, 0.1) is 12.1 Å².